The normalized spacial score (nSPS) is 11.7. The molecule has 0 fully saturated rings. The van der Waals surface area contributed by atoms with Crippen LogP contribution in [-0.2, 0) is 0 Å². The highest BCUT2D eigenvalue weighted by Crippen LogP contribution is 2.29. The van der Waals surface area contributed by atoms with E-state index in [1.807, 2.05) is 42.5 Å². The van der Waals surface area contributed by atoms with Crippen LogP contribution in [0.2, 0.25) is 0 Å². The van der Waals surface area contributed by atoms with Crippen molar-refractivity contribution in [2.75, 3.05) is 6.54 Å². The van der Waals surface area contributed by atoms with Crippen molar-refractivity contribution >= 4 is 16.8 Å². The van der Waals surface area contributed by atoms with Crippen LogP contribution in [0.1, 0.15) is 31.1 Å². The van der Waals surface area contributed by atoms with E-state index in [4.69, 9.17) is 0 Å². The molecule has 7 heteroatoms. The van der Waals surface area contributed by atoms with E-state index in [1.54, 1.807) is 0 Å². The number of carbonyl (C=O) groups is 1. The molecule has 142 valence electrons. The van der Waals surface area contributed by atoms with Crippen LogP contribution in [-0.4, -0.2) is 37.8 Å². The Balaban J connectivity index is 1.68. The molecule has 4 rings (SSSR count). The summed E-state index contributed by atoms with van der Waals surface area (Å²) in [5.41, 5.74) is 4.16. The summed E-state index contributed by atoms with van der Waals surface area (Å²) in [5, 5.41) is 18.3. The van der Waals surface area contributed by atoms with Crippen molar-refractivity contribution in [3.8, 4) is 22.6 Å². The lowest BCUT2D eigenvalue weighted by molar-refractivity contribution is 0.0939. The minimum atomic E-state index is -0.0843. The van der Waals surface area contributed by atoms with E-state index in [-0.39, 0.29) is 11.3 Å². The summed E-state index contributed by atoms with van der Waals surface area (Å²) in [5.74, 6) is 0.614. The summed E-state index contributed by atoms with van der Waals surface area (Å²) in [4.78, 5) is 16.7. The smallest absolute Gasteiger partial charge is 0.251 e. The van der Waals surface area contributed by atoms with Crippen LogP contribution in [0.25, 0.3) is 33.5 Å². The number of benzene rings is 2. The molecule has 0 aliphatic rings. The SMILES string of the molecule is CC(C)(C)CNC(=O)c1cccc(-c2n[nH]c3ccc(-c4ncn[nH]4)cc23)c1. The Bertz CT molecular complexity index is 1120. The first-order valence-electron chi connectivity index (χ1n) is 9.13. The Kier molecular flexibility index (Phi) is 4.43. The molecule has 0 saturated heterocycles. The minimum absolute atomic E-state index is 0.0305. The van der Waals surface area contributed by atoms with Crippen molar-refractivity contribution in [2.45, 2.75) is 20.8 Å². The third kappa shape index (κ3) is 3.64. The molecule has 0 unspecified atom stereocenters. The Hall–Kier alpha value is -3.48. The maximum atomic E-state index is 12.5. The Morgan fingerprint density at radius 3 is 2.68 bits per heavy atom. The fourth-order valence-corrected chi connectivity index (χ4v) is 2.98. The molecule has 0 bridgehead atoms. The van der Waals surface area contributed by atoms with Gasteiger partial charge >= 0.3 is 0 Å². The van der Waals surface area contributed by atoms with Crippen LogP contribution >= 0.6 is 0 Å². The zero-order chi connectivity index (χ0) is 19.7. The van der Waals surface area contributed by atoms with E-state index in [1.165, 1.54) is 6.33 Å². The predicted octanol–water partition coefficient (Wildman–Crippen LogP) is 3.79. The zero-order valence-corrected chi connectivity index (χ0v) is 16.1. The van der Waals surface area contributed by atoms with Gasteiger partial charge in [-0.1, -0.05) is 32.9 Å². The van der Waals surface area contributed by atoms with Gasteiger partial charge in [0.1, 0.15) is 6.33 Å². The maximum absolute atomic E-state index is 12.5. The topological polar surface area (TPSA) is 99.3 Å². The van der Waals surface area contributed by atoms with Gasteiger partial charge in [0, 0.05) is 28.6 Å². The predicted molar refractivity (Wildman–Crippen MR) is 109 cm³/mol. The number of nitrogens with one attached hydrogen (secondary N) is 3. The quantitative estimate of drug-likeness (QED) is 0.506. The highest BCUT2D eigenvalue weighted by molar-refractivity contribution is 5.98. The van der Waals surface area contributed by atoms with Gasteiger partial charge < -0.3 is 5.32 Å². The molecule has 0 radical (unpaired) electrons. The minimum Gasteiger partial charge on any atom is -0.352 e. The number of fused-ring (bicyclic) bond motifs is 1. The van der Waals surface area contributed by atoms with E-state index >= 15 is 0 Å². The molecular formula is C21H22N6O. The fourth-order valence-electron chi connectivity index (χ4n) is 2.98. The number of carbonyl (C=O) groups excluding carboxylic acids is 1. The lowest BCUT2D eigenvalue weighted by Gasteiger charge is -2.18. The van der Waals surface area contributed by atoms with Gasteiger partial charge in [-0.05, 0) is 35.7 Å². The Labute approximate surface area is 162 Å². The van der Waals surface area contributed by atoms with E-state index < -0.39 is 0 Å². The van der Waals surface area contributed by atoms with E-state index in [0.29, 0.717) is 17.9 Å². The zero-order valence-electron chi connectivity index (χ0n) is 16.1. The van der Waals surface area contributed by atoms with Gasteiger partial charge in [-0.3, -0.25) is 15.0 Å². The molecule has 4 aromatic rings. The molecule has 2 heterocycles. The number of aromatic amines is 2. The summed E-state index contributed by atoms with van der Waals surface area (Å²) in [7, 11) is 0. The number of aromatic nitrogens is 5. The molecule has 2 aromatic carbocycles. The molecule has 0 aliphatic heterocycles. The van der Waals surface area contributed by atoms with Crippen molar-refractivity contribution < 1.29 is 4.79 Å². The van der Waals surface area contributed by atoms with E-state index in [9.17, 15) is 4.79 Å². The number of H-pyrrole nitrogens is 2. The molecule has 0 spiro atoms. The standard InChI is InChI=1S/C21H22N6O/c1-21(2,3)11-22-20(28)15-6-4-5-13(9-15)18-16-10-14(19-23-12-24-27-19)7-8-17(16)25-26-18/h4-10,12H,11H2,1-3H3,(H,22,28)(H,25,26)(H,23,24,27). The van der Waals surface area contributed by atoms with Crippen LogP contribution in [0.5, 0.6) is 0 Å². The average molecular weight is 374 g/mol. The number of hydrogen-bond acceptors (Lipinski definition) is 4. The van der Waals surface area contributed by atoms with Gasteiger partial charge in [0.15, 0.2) is 5.82 Å². The maximum Gasteiger partial charge on any atom is 0.251 e. The summed E-state index contributed by atoms with van der Waals surface area (Å²) in [6.45, 7) is 6.88. The second-order valence-corrected chi connectivity index (χ2v) is 7.99. The van der Waals surface area contributed by atoms with Crippen molar-refractivity contribution in [1.82, 2.24) is 30.7 Å². The highest BCUT2D eigenvalue weighted by atomic mass is 16.1. The molecule has 0 aliphatic carbocycles. The molecule has 0 saturated carbocycles. The Morgan fingerprint density at radius 2 is 1.93 bits per heavy atom. The summed E-state index contributed by atoms with van der Waals surface area (Å²) in [6.07, 6.45) is 1.48. The lowest BCUT2D eigenvalue weighted by atomic mass is 9.96. The van der Waals surface area contributed by atoms with E-state index in [2.05, 4.69) is 51.5 Å². The van der Waals surface area contributed by atoms with Gasteiger partial charge in [-0.15, -0.1) is 0 Å². The lowest BCUT2D eigenvalue weighted by Crippen LogP contribution is -2.32. The second kappa shape index (κ2) is 6.92. The third-order valence-corrected chi connectivity index (χ3v) is 4.43. The molecule has 0 atom stereocenters. The largest absolute Gasteiger partial charge is 0.352 e. The van der Waals surface area contributed by atoms with Gasteiger partial charge in [-0.2, -0.15) is 10.2 Å². The van der Waals surface area contributed by atoms with Crippen molar-refractivity contribution in [2.24, 2.45) is 5.41 Å². The van der Waals surface area contributed by atoms with E-state index in [0.717, 1.165) is 27.7 Å². The summed E-state index contributed by atoms with van der Waals surface area (Å²) < 4.78 is 0. The highest BCUT2D eigenvalue weighted by Gasteiger charge is 2.15. The summed E-state index contributed by atoms with van der Waals surface area (Å²) in [6, 6.07) is 13.5. The first-order valence-corrected chi connectivity index (χ1v) is 9.13. The summed E-state index contributed by atoms with van der Waals surface area (Å²) >= 11 is 0. The van der Waals surface area contributed by atoms with Crippen molar-refractivity contribution in [1.29, 1.82) is 0 Å². The molecule has 1 amide bonds. The molecular weight excluding hydrogens is 352 g/mol. The fraction of sp³-hybridized carbons (Fsp3) is 0.238. The molecule has 28 heavy (non-hydrogen) atoms. The number of amides is 1. The van der Waals surface area contributed by atoms with Crippen LogP contribution in [0.15, 0.2) is 48.8 Å². The van der Waals surface area contributed by atoms with Crippen LogP contribution in [0, 0.1) is 5.41 Å². The van der Waals surface area contributed by atoms with Gasteiger partial charge in [0.2, 0.25) is 0 Å². The van der Waals surface area contributed by atoms with Crippen LogP contribution in [0.3, 0.4) is 0 Å². The van der Waals surface area contributed by atoms with Crippen molar-refractivity contribution in [3.63, 3.8) is 0 Å². The monoisotopic (exact) mass is 374 g/mol. The molecule has 2 aromatic heterocycles. The Morgan fingerprint density at radius 1 is 1.07 bits per heavy atom. The van der Waals surface area contributed by atoms with Crippen LogP contribution < -0.4 is 5.32 Å². The number of hydrogen-bond donors (Lipinski definition) is 3. The van der Waals surface area contributed by atoms with Gasteiger partial charge in [0.25, 0.3) is 5.91 Å². The first kappa shape index (κ1) is 17.9. The number of rotatable bonds is 4. The van der Waals surface area contributed by atoms with Crippen molar-refractivity contribution in [3.05, 3.63) is 54.4 Å². The average Bonchev–Trinajstić information content (AvgIpc) is 3.35. The first-order chi connectivity index (χ1) is 13.4. The second-order valence-electron chi connectivity index (χ2n) is 7.99. The van der Waals surface area contributed by atoms with Gasteiger partial charge in [-0.25, -0.2) is 4.98 Å². The number of nitrogens with zero attached hydrogens (tertiary/aromatic N) is 3. The molecule has 3 N–H and O–H groups in total. The third-order valence-electron chi connectivity index (χ3n) is 4.43. The molecule has 7 nitrogen and oxygen atoms in total. The van der Waals surface area contributed by atoms with Crippen LogP contribution in [0.4, 0.5) is 0 Å². The van der Waals surface area contributed by atoms with Gasteiger partial charge in [0.05, 0.1) is 11.2 Å².